The van der Waals surface area contributed by atoms with Crippen LogP contribution in [-0.2, 0) is 6.54 Å². The molecule has 0 unspecified atom stereocenters. The number of rotatable bonds is 2. The van der Waals surface area contributed by atoms with E-state index in [4.69, 9.17) is 0 Å². The second-order valence-electron chi connectivity index (χ2n) is 3.40. The maximum atomic E-state index is 4.25. The zero-order valence-corrected chi connectivity index (χ0v) is 8.57. The van der Waals surface area contributed by atoms with Crippen LogP contribution >= 0.6 is 0 Å². The summed E-state index contributed by atoms with van der Waals surface area (Å²) < 4.78 is 2.00. The quantitative estimate of drug-likeness (QED) is 0.705. The molecule has 0 fully saturated rings. The summed E-state index contributed by atoms with van der Waals surface area (Å²) in [7, 11) is 0. The molecule has 14 heavy (non-hydrogen) atoms. The molecular weight excluding hydrogens is 172 g/mol. The van der Waals surface area contributed by atoms with Gasteiger partial charge in [0.25, 0.3) is 0 Å². The van der Waals surface area contributed by atoms with Crippen LogP contribution in [0.25, 0.3) is 11.3 Å². The van der Waals surface area contributed by atoms with Gasteiger partial charge in [-0.2, -0.15) is 5.10 Å². The molecular formula is C12H14N2. The molecule has 0 saturated heterocycles. The zero-order valence-electron chi connectivity index (χ0n) is 8.57. The summed E-state index contributed by atoms with van der Waals surface area (Å²) in [5.74, 6) is 0. The van der Waals surface area contributed by atoms with E-state index in [1.165, 1.54) is 16.8 Å². The van der Waals surface area contributed by atoms with Gasteiger partial charge in [0.05, 0.1) is 5.69 Å². The van der Waals surface area contributed by atoms with Gasteiger partial charge in [-0.15, -0.1) is 0 Å². The van der Waals surface area contributed by atoms with E-state index in [0.717, 1.165) is 6.54 Å². The third kappa shape index (κ3) is 1.55. The molecule has 0 N–H and O–H groups in total. The highest BCUT2D eigenvalue weighted by Gasteiger charge is 2.02. The Bertz CT molecular complexity index is 412. The summed E-state index contributed by atoms with van der Waals surface area (Å²) in [6, 6.07) is 10.6. The molecule has 0 radical (unpaired) electrons. The van der Waals surface area contributed by atoms with Gasteiger partial charge in [0.2, 0.25) is 0 Å². The maximum Gasteiger partial charge on any atom is 0.0682 e. The molecule has 0 aliphatic carbocycles. The van der Waals surface area contributed by atoms with Crippen LogP contribution in [0.15, 0.2) is 36.5 Å². The van der Waals surface area contributed by atoms with Crippen LogP contribution in [0.3, 0.4) is 0 Å². The van der Waals surface area contributed by atoms with Crippen molar-refractivity contribution in [3.8, 4) is 11.3 Å². The number of hydrogen-bond donors (Lipinski definition) is 0. The van der Waals surface area contributed by atoms with Gasteiger partial charge in [-0.05, 0) is 25.5 Å². The van der Waals surface area contributed by atoms with Crippen molar-refractivity contribution in [2.24, 2.45) is 0 Å². The van der Waals surface area contributed by atoms with E-state index in [1.54, 1.807) is 0 Å². The molecule has 2 heteroatoms. The van der Waals surface area contributed by atoms with Gasteiger partial charge in [0.1, 0.15) is 0 Å². The fourth-order valence-electron chi connectivity index (χ4n) is 1.55. The minimum absolute atomic E-state index is 0.913. The molecule has 0 aliphatic rings. The first-order valence-electron chi connectivity index (χ1n) is 4.90. The fourth-order valence-corrected chi connectivity index (χ4v) is 1.55. The Labute approximate surface area is 84.2 Å². The zero-order chi connectivity index (χ0) is 9.97. The van der Waals surface area contributed by atoms with E-state index in [2.05, 4.69) is 43.2 Å². The Balaban J connectivity index is 2.44. The van der Waals surface area contributed by atoms with Crippen LogP contribution in [0, 0.1) is 6.92 Å². The van der Waals surface area contributed by atoms with Crippen LogP contribution in [-0.4, -0.2) is 9.78 Å². The van der Waals surface area contributed by atoms with Crippen molar-refractivity contribution in [1.82, 2.24) is 9.78 Å². The molecule has 0 bridgehead atoms. The van der Waals surface area contributed by atoms with E-state index in [0.29, 0.717) is 0 Å². The third-order valence-electron chi connectivity index (χ3n) is 2.36. The molecule has 1 aromatic heterocycles. The first-order chi connectivity index (χ1) is 6.81. The maximum absolute atomic E-state index is 4.25. The van der Waals surface area contributed by atoms with Gasteiger partial charge in [-0.25, -0.2) is 0 Å². The second kappa shape index (κ2) is 3.66. The molecule has 0 aliphatic heterocycles. The van der Waals surface area contributed by atoms with Crippen LogP contribution in [0.4, 0.5) is 0 Å². The van der Waals surface area contributed by atoms with Gasteiger partial charge >= 0.3 is 0 Å². The van der Waals surface area contributed by atoms with Crippen LogP contribution in [0.1, 0.15) is 12.5 Å². The first kappa shape index (κ1) is 9.00. The number of nitrogens with zero attached hydrogens (tertiary/aromatic N) is 2. The monoisotopic (exact) mass is 186 g/mol. The Morgan fingerprint density at radius 1 is 1.14 bits per heavy atom. The largest absolute Gasteiger partial charge is 0.265 e. The predicted molar refractivity (Wildman–Crippen MR) is 58.1 cm³/mol. The Morgan fingerprint density at radius 2 is 1.86 bits per heavy atom. The fraction of sp³-hybridized carbons (Fsp3) is 0.250. The lowest BCUT2D eigenvalue weighted by molar-refractivity contribution is 0.667. The molecule has 0 atom stereocenters. The average Bonchev–Trinajstić information content (AvgIpc) is 2.67. The normalized spacial score (nSPS) is 10.4. The summed E-state index contributed by atoms with van der Waals surface area (Å²) in [6.07, 6.45) is 1.85. The lowest BCUT2D eigenvalue weighted by Crippen LogP contribution is -1.98. The van der Waals surface area contributed by atoms with E-state index in [9.17, 15) is 0 Å². The third-order valence-corrected chi connectivity index (χ3v) is 2.36. The Hall–Kier alpha value is -1.57. The summed E-state index contributed by atoms with van der Waals surface area (Å²) in [4.78, 5) is 0. The SMILES string of the molecule is CCn1nccc1-c1ccc(C)cc1. The van der Waals surface area contributed by atoms with Crippen molar-refractivity contribution < 1.29 is 0 Å². The number of aromatic nitrogens is 2. The van der Waals surface area contributed by atoms with Crippen molar-refractivity contribution in [2.75, 3.05) is 0 Å². The summed E-state index contributed by atoms with van der Waals surface area (Å²) in [6.45, 7) is 5.11. The van der Waals surface area contributed by atoms with Crippen molar-refractivity contribution in [3.63, 3.8) is 0 Å². The van der Waals surface area contributed by atoms with E-state index >= 15 is 0 Å². The Morgan fingerprint density at radius 3 is 2.50 bits per heavy atom. The summed E-state index contributed by atoms with van der Waals surface area (Å²) in [5.41, 5.74) is 3.71. The molecule has 0 saturated carbocycles. The van der Waals surface area contributed by atoms with Gasteiger partial charge < -0.3 is 0 Å². The standard InChI is InChI=1S/C12H14N2/c1-3-14-12(8-9-13-14)11-6-4-10(2)5-7-11/h4-9H,3H2,1-2H3. The van der Waals surface area contributed by atoms with Gasteiger partial charge in [-0.1, -0.05) is 29.8 Å². The van der Waals surface area contributed by atoms with E-state index in [1.807, 2.05) is 16.9 Å². The molecule has 2 nitrogen and oxygen atoms in total. The minimum Gasteiger partial charge on any atom is -0.265 e. The van der Waals surface area contributed by atoms with Crippen LogP contribution in [0.2, 0.25) is 0 Å². The Kier molecular flexibility index (Phi) is 2.35. The van der Waals surface area contributed by atoms with Gasteiger partial charge in [0.15, 0.2) is 0 Å². The summed E-state index contributed by atoms with van der Waals surface area (Å²) in [5, 5.41) is 4.25. The van der Waals surface area contributed by atoms with Crippen LogP contribution < -0.4 is 0 Å². The molecule has 2 aromatic rings. The molecule has 2 rings (SSSR count). The molecule has 0 spiro atoms. The highest BCUT2D eigenvalue weighted by atomic mass is 15.3. The van der Waals surface area contributed by atoms with E-state index < -0.39 is 0 Å². The molecule has 1 heterocycles. The highest BCUT2D eigenvalue weighted by molar-refractivity contribution is 5.59. The molecule has 1 aromatic carbocycles. The number of benzene rings is 1. The lowest BCUT2D eigenvalue weighted by Gasteiger charge is -2.04. The van der Waals surface area contributed by atoms with Crippen molar-refractivity contribution in [1.29, 1.82) is 0 Å². The topological polar surface area (TPSA) is 17.8 Å². The predicted octanol–water partition coefficient (Wildman–Crippen LogP) is 2.88. The van der Waals surface area contributed by atoms with E-state index in [-0.39, 0.29) is 0 Å². The van der Waals surface area contributed by atoms with Crippen LogP contribution in [0.5, 0.6) is 0 Å². The van der Waals surface area contributed by atoms with Crippen molar-refractivity contribution in [3.05, 3.63) is 42.1 Å². The smallest absolute Gasteiger partial charge is 0.0682 e. The number of aryl methyl sites for hydroxylation is 2. The lowest BCUT2D eigenvalue weighted by atomic mass is 10.1. The first-order valence-corrected chi connectivity index (χ1v) is 4.90. The molecule has 0 amide bonds. The van der Waals surface area contributed by atoms with Gasteiger partial charge in [0, 0.05) is 12.7 Å². The highest BCUT2D eigenvalue weighted by Crippen LogP contribution is 2.18. The average molecular weight is 186 g/mol. The second-order valence-corrected chi connectivity index (χ2v) is 3.40. The van der Waals surface area contributed by atoms with Gasteiger partial charge in [-0.3, -0.25) is 4.68 Å². The molecule has 72 valence electrons. The van der Waals surface area contributed by atoms with Crippen molar-refractivity contribution in [2.45, 2.75) is 20.4 Å². The number of hydrogen-bond acceptors (Lipinski definition) is 1. The minimum atomic E-state index is 0.913. The summed E-state index contributed by atoms with van der Waals surface area (Å²) >= 11 is 0. The van der Waals surface area contributed by atoms with Crippen molar-refractivity contribution >= 4 is 0 Å².